The number of aromatic nitrogens is 1. The zero-order valence-corrected chi connectivity index (χ0v) is 20.0. The van der Waals surface area contributed by atoms with Gasteiger partial charge in [0.05, 0.1) is 34.5 Å². The number of aryl methyl sites for hydroxylation is 1. The molecule has 2 aromatic carbocycles. The van der Waals surface area contributed by atoms with Gasteiger partial charge < -0.3 is 24.6 Å². The summed E-state index contributed by atoms with van der Waals surface area (Å²) < 4.78 is 30.2. The van der Waals surface area contributed by atoms with E-state index in [9.17, 15) is 18.8 Å². The van der Waals surface area contributed by atoms with Crippen LogP contribution in [0.15, 0.2) is 64.3 Å². The lowest BCUT2D eigenvalue weighted by Crippen LogP contribution is -2.47. The fraction of sp³-hybridized carbons (Fsp3) is 0.200. The lowest BCUT2D eigenvalue weighted by molar-refractivity contribution is -0.139. The standard InChI is InChI=1S/C25H21ClFN3O6/c1-3-34-24(32)20-17(28-25(33)29-21(20)14-8-5-4-6-9-14)12-35-23(31)18-13(2)36-30-22(18)19-15(26)10-7-11-16(19)27/h4-11,21H,3,12H2,1-2H3,(H2,28,29,33)/t21-/m1/s1. The molecule has 36 heavy (non-hydrogen) atoms. The van der Waals surface area contributed by atoms with E-state index in [-0.39, 0.29) is 45.5 Å². The number of hydrogen-bond donors (Lipinski definition) is 2. The number of ether oxygens (including phenoxy) is 2. The molecule has 3 aromatic rings. The number of amides is 2. The number of hydrogen-bond acceptors (Lipinski definition) is 7. The molecule has 0 radical (unpaired) electrons. The first-order valence-electron chi connectivity index (χ1n) is 10.9. The number of esters is 2. The monoisotopic (exact) mass is 513 g/mol. The number of nitrogens with zero attached hydrogens (tertiary/aromatic N) is 1. The Balaban J connectivity index is 1.68. The molecule has 1 aliphatic rings. The Bertz CT molecular complexity index is 1330. The van der Waals surface area contributed by atoms with Crippen LogP contribution in [0.25, 0.3) is 11.3 Å². The number of rotatable bonds is 7. The van der Waals surface area contributed by atoms with Gasteiger partial charge in [0.2, 0.25) is 0 Å². The number of nitrogens with one attached hydrogen (secondary N) is 2. The Morgan fingerprint density at radius 2 is 1.86 bits per heavy atom. The summed E-state index contributed by atoms with van der Waals surface area (Å²) in [6.07, 6.45) is 0. The number of benzene rings is 2. The number of carbonyl (C=O) groups is 3. The van der Waals surface area contributed by atoms with E-state index in [4.69, 9.17) is 25.6 Å². The summed E-state index contributed by atoms with van der Waals surface area (Å²) in [7, 11) is 0. The zero-order chi connectivity index (χ0) is 25.8. The Hall–Kier alpha value is -4.18. The van der Waals surface area contributed by atoms with E-state index in [1.165, 1.54) is 25.1 Å². The van der Waals surface area contributed by atoms with Crippen molar-refractivity contribution in [1.82, 2.24) is 15.8 Å². The van der Waals surface area contributed by atoms with Crippen LogP contribution < -0.4 is 10.6 Å². The molecule has 0 saturated carbocycles. The van der Waals surface area contributed by atoms with Gasteiger partial charge >= 0.3 is 18.0 Å². The van der Waals surface area contributed by atoms with Crippen LogP contribution >= 0.6 is 11.6 Å². The van der Waals surface area contributed by atoms with Crippen molar-refractivity contribution in [3.8, 4) is 11.3 Å². The molecule has 4 rings (SSSR count). The van der Waals surface area contributed by atoms with Crippen LogP contribution in [0, 0.1) is 12.7 Å². The summed E-state index contributed by atoms with van der Waals surface area (Å²) in [6, 6.07) is 11.4. The molecule has 2 heterocycles. The number of halogens is 2. The fourth-order valence-electron chi connectivity index (χ4n) is 3.79. The molecule has 2 N–H and O–H groups in total. The molecule has 0 bridgehead atoms. The maximum absolute atomic E-state index is 14.5. The molecule has 0 aliphatic carbocycles. The van der Waals surface area contributed by atoms with E-state index >= 15 is 0 Å². The molecule has 0 saturated heterocycles. The Morgan fingerprint density at radius 3 is 2.56 bits per heavy atom. The van der Waals surface area contributed by atoms with Crippen molar-refractivity contribution >= 4 is 29.6 Å². The Labute approximate surface area is 210 Å². The molecule has 0 fully saturated rings. The van der Waals surface area contributed by atoms with Crippen molar-refractivity contribution in [2.24, 2.45) is 0 Å². The fourth-order valence-corrected chi connectivity index (χ4v) is 4.05. The minimum atomic E-state index is -0.914. The van der Waals surface area contributed by atoms with E-state index < -0.39 is 36.4 Å². The van der Waals surface area contributed by atoms with Crippen molar-refractivity contribution in [1.29, 1.82) is 0 Å². The van der Waals surface area contributed by atoms with Gasteiger partial charge in [-0.2, -0.15) is 0 Å². The van der Waals surface area contributed by atoms with Crippen LogP contribution in [-0.4, -0.2) is 36.3 Å². The summed E-state index contributed by atoms with van der Waals surface area (Å²) >= 11 is 6.14. The molecule has 1 aromatic heterocycles. The first kappa shape index (κ1) is 24.9. The quantitative estimate of drug-likeness (QED) is 0.447. The van der Waals surface area contributed by atoms with Gasteiger partial charge in [-0.15, -0.1) is 0 Å². The lowest BCUT2D eigenvalue weighted by Gasteiger charge is -2.29. The third kappa shape index (κ3) is 4.94. The van der Waals surface area contributed by atoms with Gasteiger partial charge in [0.15, 0.2) is 0 Å². The van der Waals surface area contributed by atoms with Crippen molar-refractivity contribution in [3.05, 3.63) is 87.5 Å². The van der Waals surface area contributed by atoms with Gasteiger partial charge in [0, 0.05) is 0 Å². The second-order valence-corrected chi connectivity index (χ2v) is 8.10. The topological polar surface area (TPSA) is 120 Å². The van der Waals surface area contributed by atoms with Crippen molar-refractivity contribution < 1.29 is 32.8 Å². The highest BCUT2D eigenvalue weighted by Gasteiger charge is 2.35. The second kappa shape index (κ2) is 10.6. The van der Waals surface area contributed by atoms with Crippen LogP contribution in [0.5, 0.6) is 0 Å². The van der Waals surface area contributed by atoms with E-state index in [0.717, 1.165) is 0 Å². The maximum atomic E-state index is 14.5. The molecule has 0 unspecified atom stereocenters. The predicted molar refractivity (Wildman–Crippen MR) is 126 cm³/mol. The van der Waals surface area contributed by atoms with Gasteiger partial charge in [-0.3, -0.25) is 0 Å². The molecular formula is C25H21ClFN3O6. The minimum Gasteiger partial charge on any atom is -0.463 e. The van der Waals surface area contributed by atoms with Gasteiger partial charge in [-0.25, -0.2) is 18.8 Å². The van der Waals surface area contributed by atoms with Crippen LogP contribution in [0.1, 0.15) is 34.6 Å². The predicted octanol–water partition coefficient (Wildman–Crippen LogP) is 4.47. The van der Waals surface area contributed by atoms with Gasteiger partial charge in [0.25, 0.3) is 0 Å². The van der Waals surface area contributed by atoms with Crippen LogP contribution in [0.3, 0.4) is 0 Å². The molecule has 186 valence electrons. The van der Waals surface area contributed by atoms with Crippen molar-refractivity contribution in [3.63, 3.8) is 0 Å². The highest BCUT2D eigenvalue weighted by atomic mass is 35.5. The first-order valence-corrected chi connectivity index (χ1v) is 11.3. The molecule has 1 aliphatic heterocycles. The summed E-state index contributed by atoms with van der Waals surface area (Å²) in [5.41, 5.74) is 0.366. The number of carbonyl (C=O) groups excluding carboxylic acids is 3. The highest BCUT2D eigenvalue weighted by molar-refractivity contribution is 6.33. The Kier molecular flexibility index (Phi) is 7.35. The van der Waals surface area contributed by atoms with Gasteiger partial charge in [-0.05, 0) is 31.5 Å². The minimum absolute atomic E-state index is 0.0287. The van der Waals surface area contributed by atoms with Gasteiger partial charge in [0.1, 0.15) is 29.4 Å². The molecular weight excluding hydrogens is 493 g/mol. The smallest absolute Gasteiger partial charge is 0.344 e. The van der Waals surface area contributed by atoms with Crippen LogP contribution in [0.4, 0.5) is 9.18 Å². The molecule has 2 amide bonds. The summed E-state index contributed by atoms with van der Waals surface area (Å²) in [4.78, 5) is 38.3. The Morgan fingerprint density at radius 1 is 1.11 bits per heavy atom. The van der Waals surface area contributed by atoms with Gasteiger partial charge in [-0.1, -0.05) is 53.2 Å². The van der Waals surface area contributed by atoms with Crippen LogP contribution in [-0.2, 0) is 14.3 Å². The summed E-state index contributed by atoms with van der Waals surface area (Å²) in [5, 5.41) is 9.02. The van der Waals surface area contributed by atoms with Crippen LogP contribution in [0.2, 0.25) is 5.02 Å². The third-order valence-electron chi connectivity index (χ3n) is 5.40. The third-order valence-corrected chi connectivity index (χ3v) is 5.71. The van der Waals surface area contributed by atoms with E-state index in [2.05, 4.69) is 15.8 Å². The highest BCUT2D eigenvalue weighted by Crippen LogP contribution is 2.34. The van der Waals surface area contributed by atoms with E-state index in [1.807, 2.05) is 0 Å². The molecule has 0 spiro atoms. The maximum Gasteiger partial charge on any atom is 0.344 e. The van der Waals surface area contributed by atoms with Crippen molar-refractivity contribution in [2.45, 2.75) is 19.9 Å². The second-order valence-electron chi connectivity index (χ2n) is 7.69. The SMILES string of the molecule is CCOC(=O)C1=C(COC(=O)c2c(-c3c(F)cccc3Cl)noc2C)NC(=O)N[C@@H]1c1ccccc1. The number of urea groups is 1. The lowest BCUT2D eigenvalue weighted by atomic mass is 9.95. The molecule has 1 atom stereocenters. The molecule has 11 heteroatoms. The summed E-state index contributed by atoms with van der Waals surface area (Å²) in [5.74, 6) is -2.23. The first-order chi connectivity index (χ1) is 17.3. The largest absolute Gasteiger partial charge is 0.463 e. The average Bonchev–Trinajstić information content (AvgIpc) is 3.23. The normalized spacial score (nSPS) is 15.2. The average molecular weight is 514 g/mol. The summed E-state index contributed by atoms with van der Waals surface area (Å²) in [6.45, 7) is 2.72. The van der Waals surface area contributed by atoms with E-state index in [0.29, 0.717) is 5.56 Å². The zero-order valence-electron chi connectivity index (χ0n) is 19.3. The van der Waals surface area contributed by atoms with Crippen molar-refractivity contribution in [2.75, 3.05) is 13.2 Å². The van der Waals surface area contributed by atoms with E-state index in [1.54, 1.807) is 37.3 Å². The molecule has 9 nitrogen and oxygen atoms in total.